The van der Waals surface area contributed by atoms with Gasteiger partial charge in [0.25, 0.3) is 0 Å². The summed E-state index contributed by atoms with van der Waals surface area (Å²) in [6.45, 7) is 1.95. The van der Waals surface area contributed by atoms with Crippen LogP contribution in [0.1, 0.15) is 17.2 Å². The average Bonchev–Trinajstić information content (AvgIpc) is 2.40. The Balaban J connectivity index is 2.03. The average molecular weight is 296 g/mol. The molecule has 4 heteroatoms. The van der Waals surface area contributed by atoms with Crippen molar-refractivity contribution in [2.24, 2.45) is 5.73 Å². The van der Waals surface area contributed by atoms with Gasteiger partial charge in [-0.2, -0.15) is 0 Å². The SMILES string of the molecule is Cc1ccc(F)cc1C(N)CSc1ccc(Cl)cc1. The second-order valence-corrected chi connectivity index (χ2v) is 5.90. The van der Waals surface area contributed by atoms with E-state index in [-0.39, 0.29) is 11.9 Å². The number of nitrogens with two attached hydrogens (primary N) is 1. The Bertz CT molecular complexity index is 557. The number of halogens is 2. The van der Waals surface area contributed by atoms with Crippen molar-refractivity contribution in [2.45, 2.75) is 17.9 Å². The van der Waals surface area contributed by atoms with Gasteiger partial charge in [0, 0.05) is 21.7 Å². The van der Waals surface area contributed by atoms with E-state index in [1.807, 2.05) is 31.2 Å². The molecule has 1 unspecified atom stereocenters. The fourth-order valence-electron chi connectivity index (χ4n) is 1.82. The molecule has 0 aliphatic heterocycles. The molecule has 0 bridgehead atoms. The van der Waals surface area contributed by atoms with Crippen molar-refractivity contribution in [1.29, 1.82) is 0 Å². The van der Waals surface area contributed by atoms with E-state index in [0.29, 0.717) is 5.75 Å². The predicted octanol–water partition coefficient (Wildman–Crippen LogP) is 4.58. The van der Waals surface area contributed by atoms with Crippen LogP contribution in [0.15, 0.2) is 47.4 Å². The molecule has 0 aliphatic rings. The molecule has 100 valence electrons. The number of hydrogen-bond acceptors (Lipinski definition) is 2. The van der Waals surface area contributed by atoms with E-state index in [0.717, 1.165) is 21.0 Å². The molecule has 0 heterocycles. The topological polar surface area (TPSA) is 26.0 Å². The lowest BCUT2D eigenvalue weighted by Gasteiger charge is -2.14. The molecule has 0 amide bonds. The first-order valence-corrected chi connectivity index (χ1v) is 7.32. The molecule has 1 nitrogen and oxygen atoms in total. The van der Waals surface area contributed by atoms with Crippen molar-refractivity contribution in [3.05, 3.63) is 64.4 Å². The zero-order chi connectivity index (χ0) is 13.8. The number of benzene rings is 2. The zero-order valence-corrected chi connectivity index (χ0v) is 12.1. The van der Waals surface area contributed by atoms with Gasteiger partial charge in [-0.1, -0.05) is 17.7 Å². The van der Waals surface area contributed by atoms with E-state index in [1.165, 1.54) is 12.1 Å². The molecule has 1 atom stereocenters. The van der Waals surface area contributed by atoms with Crippen LogP contribution in [0.5, 0.6) is 0 Å². The summed E-state index contributed by atoms with van der Waals surface area (Å²) in [5, 5.41) is 0.717. The van der Waals surface area contributed by atoms with Crippen LogP contribution in [0.4, 0.5) is 4.39 Å². The molecule has 2 rings (SSSR count). The molecule has 0 aromatic heterocycles. The maximum Gasteiger partial charge on any atom is 0.123 e. The van der Waals surface area contributed by atoms with Crippen molar-refractivity contribution in [3.63, 3.8) is 0 Å². The van der Waals surface area contributed by atoms with Gasteiger partial charge in [-0.05, 0) is 54.4 Å². The minimum Gasteiger partial charge on any atom is -0.323 e. The van der Waals surface area contributed by atoms with Crippen LogP contribution in [-0.2, 0) is 0 Å². The van der Waals surface area contributed by atoms with Gasteiger partial charge in [0.15, 0.2) is 0 Å². The third kappa shape index (κ3) is 3.96. The van der Waals surface area contributed by atoms with Crippen LogP contribution in [0.3, 0.4) is 0 Å². The fourth-order valence-corrected chi connectivity index (χ4v) is 2.82. The molecule has 0 fully saturated rings. The van der Waals surface area contributed by atoms with Crippen LogP contribution >= 0.6 is 23.4 Å². The van der Waals surface area contributed by atoms with Gasteiger partial charge in [-0.25, -0.2) is 4.39 Å². The summed E-state index contributed by atoms with van der Waals surface area (Å²) in [6.07, 6.45) is 0. The highest BCUT2D eigenvalue weighted by atomic mass is 35.5. The van der Waals surface area contributed by atoms with Gasteiger partial charge in [0.05, 0.1) is 0 Å². The first-order chi connectivity index (χ1) is 9.06. The smallest absolute Gasteiger partial charge is 0.123 e. The molecule has 0 spiro atoms. The summed E-state index contributed by atoms with van der Waals surface area (Å²) in [4.78, 5) is 1.11. The lowest BCUT2D eigenvalue weighted by Crippen LogP contribution is -2.14. The normalized spacial score (nSPS) is 12.4. The standard InChI is InChI=1S/C15H15ClFNS/c1-10-2-5-12(17)8-14(10)15(18)9-19-13-6-3-11(16)4-7-13/h2-8,15H,9,18H2,1H3. The first-order valence-electron chi connectivity index (χ1n) is 5.96. The Kier molecular flexibility index (Phi) is 4.86. The third-order valence-corrected chi connectivity index (χ3v) is 4.27. The van der Waals surface area contributed by atoms with Crippen LogP contribution < -0.4 is 5.73 Å². The molecule has 0 aliphatic carbocycles. The van der Waals surface area contributed by atoms with Gasteiger partial charge in [-0.15, -0.1) is 11.8 Å². The van der Waals surface area contributed by atoms with E-state index in [2.05, 4.69) is 0 Å². The predicted molar refractivity (Wildman–Crippen MR) is 80.2 cm³/mol. The summed E-state index contributed by atoms with van der Waals surface area (Å²) < 4.78 is 13.2. The minimum absolute atomic E-state index is 0.184. The van der Waals surface area contributed by atoms with E-state index in [1.54, 1.807) is 17.8 Å². The molecule has 0 saturated carbocycles. The maximum atomic E-state index is 13.2. The maximum absolute atomic E-state index is 13.2. The zero-order valence-electron chi connectivity index (χ0n) is 10.6. The molecule has 0 radical (unpaired) electrons. The van der Waals surface area contributed by atoms with Gasteiger partial charge in [0.1, 0.15) is 5.82 Å². The molecule has 2 aromatic carbocycles. The van der Waals surface area contributed by atoms with Crippen molar-refractivity contribution < 1.29 is 4.39 Å². The molecule has 2 N–H and O–H groups in total. The van der Waals surface area contributed by atoms with Gasteiger partial charge in [-0.3, -0.25) is 0 Å². The molecular weight excluding hydrogens is 281 g/mol. The van der Waals surface area contributed by atoms with E-state index in [9.17, 15) is 4.39 Å². The molecule has 2 aromatic rings. The molecular formula is C15H15ClFNS. The van der Waals surface area contributed by atoms with E-state index >= 15 is 0 Å². The minimum atomic E-state index is -0.243. The fraction of sp³-hybridized carbons (Fsp3) is 0.200. The Morgan fingerprint density at radius 1 is 1.21 bits per heavy atom. The van der Waals surface area contributed by atoms with Gasteiger partial charge < -0.3 is 5.73 Å². The number of aryl methyl sites for hydroxylation is 1. The van der Waals surface area contributed by atoms with Gasteiger partial charge >= 0.3 is 0 Å². The first kappa shape index (κ1) is 14.4. The Morgan fingerprint density at radius 3 is 2.58 bits per heavy atom. The highest BCUT2D eigenvalue weighted by Crippen LogP contribution is 2.26. The van der Waals surface area contributed by atoms with Crippen LogP contribution in [0, 0.1) is 12.7 Å². The Hall–Kier alpha value is -1.03. The summed E-state index contributed by atoms with van der Waals surface area (Å²) in [6, 6.07) is 12.2. The summed E-state index contributed by atoms with van der Waals surface area (Å²) in [5.41, 5.74) is 8.01. The number of hydrogen-bond donors (Lipinski definition) is 1. The number of thioether (sulfide) groups is 1. The van der Waals surface area contributed by atoms with Gasteiger partial charge in [0.2, 0.25) is 0 Å². The van der Waals surface area contributed by atoms with Crippen LogP contribution in [0.25, 0.3) is 0 Å². The van der Waals surface area contributed by atoms with E-state index in [4.69, 9.17) is 17.3 Å². The second-order valence-electron chi connectivity index (χ2n) is 4.37. The summed E-state index contributed by atoms with van der Waals surface area (Å²) in [5.74, 6) is 0.457. The highest BCUT2D eigenvalue weighted by Gasteiger charge is 2.10. The van der Waals surface area contributed by atoms with Crippen molar-refractivity contribution >= 4 is 23.4 Å². The van der Waals surface area contributed by atoms with Crippen LogP contribution in [0.2, 0.25) is 5.02 Å². The molecule has 0 saturated heterocycles. The quantitative estimate of drug-likeness (QED) is 0.836. The van der Waals surface area contributed by atoms with E-state index < -0.39 is 0 Å². The lowest BCUT2D eigenvalue weighted by molar-refractivity contribution is 0.621. The van der Waals surface area contributed by atoms with Crippen LogP contribution in [-0.4, -0.2) is 5.75 Å². The Morgan fingerprint density at radius 2 is 1.89 bits per heavy atom. The summed E-state index contributed by atoms with van der Waals surface area (Å²) >= 11 is 7.47. The monoisotopic (exact) mass is 295 g/mol. The lowest BCUT2D eigenvalue weighted by atomic mass is 10.0. The summed E-state index contributed by atoms with van der Waals surface area (Å²) in [7, 11) is 0. The largest absolute Gasteiger partial charge is 0.323 e. The molecule has 19 heavy (non-hydrogen) atoms. The van der Waals surface area contributed by atoms with Crippen molar-refractivity contribution in [3.8, 4) is 0 Å². The second kappa shape index (κ2) is 6.42. The Labute approximate surface area is 122 Å². The van der Waals surface area contributed by atoms with Crippen molar-refractivity contribution in [2.75, 3.05) is 5.75 Å². The van der Waals surface area contributed by atoms with Crippen molar-refractivity contribution in [1.82, 2.24) is 0 Å². The third-order valence-electron chi connectivity index (χ3n) is 2.88. The highest BCUT2D eigenvalue weighted by molar-refractivity contribution is 7.99. The number of rotatable bonds is 4.